The van der Waals surface area contributed by atoms with Crippen LogP contribution in [0.25, 0.3) is 0 Å². The van der Waals surface area contributed by atoms with E-state index in [0.29, 0.717) is 0 Å². The fraction of sp³-hybridized carbons (Fsp3) is 0.333. The van der Waals surface area contributed by atoms with Gasteiger partial charge in [-0.3, -0.25) is 0 Å². The molecule has 3 heteroatoms. The van der Waals surface area contributed by atoms with Crippen LogP contribution in [0.5, 0.6) is 5.75 Å². The van der Waals surface area contributed by atoms with Gasteiger partial charge in [-0.15, -0.1) is 0 Å². The van der Waals surface area contributed by atoms with Gasteiger partial charge in [-0.05, 0) is 30.2 Å². The van der Waals surface area contributed by atoms with Gasteiger partial charge in [-0.2, -0.15) is 12.6 Å². The average Bonchev–Trinajstić information content (AvgIpc) is 2.03. The summed E-state index contributed by atoms with van der Waals surface area (Å²) in [4.78, 5) is 0. The predicted molar refractivity (Wildman–Crippen MR) is 58.1 cm³/mol. The highest BCUT2D eigenvalue weighted by Gasteiger charge is 2.04. The molecule has 1 rings (SSSR count). The number of hydrogen-bond acceptors (Lipinski definition) is 2. The minimum absolute atomic E-state index is 0.746. The highest BCUT2D eigenvalue weighted by Crippen LogP contribution is 2.27. The first-order chi connectivity index (χ1) is 5.69. The molecule has 12 heavy (non-hydrogen) atoms. The third kappa shape index (κ3) is 1.96. The van der Waals surface area contributed by atoms with Gasteiger partial charge in [0.15, 0.2) is 0 Å². The van der Waals surface area contributed by atoms with Crippen LogP contribution in [0, 0.1) is 6.92 Å². The molecule has 0 saturated carbocycles. The lowest BCUT2D eigenvalue weighted by Gasteiger charge is -2.08. The van der Waals surface area contributed by atoms with E-state index in [1.54, 1.807) is 7.11 Å². The summed E-state index contributed by atoms with van der Waals surface area (Å²) in [5, 5.41) is 0. The van der Waals surface area contributed by atoms with Crippen molar-refractivity contribution in [3.8, 4) is 5.75 Å². The second-order valence-electron chi connectivity index (χ2n) is 2.56. The lowest BCUT2D eigenvalue weighted by molar-refractivity contribution is 0.414. The van der Waals surface area contributed by atoms with Crippen LogP contribution in [0.3, 0.4) is 0 Å². The highest BCUT2D eigenvalue weighted by atomic mass is 79.9. The first-order valence-electron chi connectivity index (χ1n) is 3.63. The maximum Gasteiger partial charge on any atom is 0.120 e. The molecule has 0 bridgehead atoms. The van der Waals surface area contributed by atoms with Gasteiger partial charge in [0.05, 0.1) is 7.11 Å². The first-order valence-corrected chi connectivity index (χ1v) is 5.05. The molecule has 0 atom stereocenters. The van der Waals surface area contributed by atoms with E-state index in [9.17, 15) is 0 Å². The van der Waals surface area contributed by atoms with Crippen LogP contribution in [-0.2, 0) is 5.75 Å². The Balaban J connectivity index is 3.18. The number of halogens is 1. The summed E-state index contributed by atoms with van der Waals surface area (Å²) in [6, 6.07) is 3.97. The molecule has 0 heterocycles. The van der Waals surface area contributed by atoms with Gasteiger partial charge >= 0.3 is 0 Å². The number of aryl methyl sites for hydroxylation is 1. The smallest absolute Gasteiger partial charge is 0.120 e. The zero-order valence-electron chi connectivity index (χ0n) is 7.10. The van der Waals surface area contributed by atoms with Gasteiger partial charge in [0.2, 0.25) is 0 Å². The zero-order valence-corrected chi connectivity index (χ0v) is 9.58. The summed E-state index contributed by atoms with van der Waals surface area (Å²) < 4.78 is 6.18. The van der Waals surface area contributed by atoms with Crippen LogP contribution < -0.4 is 4.74 Å². The van der Waals surface area contributed by atoms with Crippen molar-refractivity contribution in [2.75, 3.05) is 7.11 Å². The largest absolute Gasteiger partial charge is 0.497 e. The van der Waals surface area contributed by atoms with E-state index in [4.69, 9.17) is 4.74 Å². The number of rotatable bonds is 2. The van der Waals surface area contributed by atoms with Crippen LogP contribution in [0.15, 0.2) is 16.6 Å². The van der Waals surface area contributed by atoms with Crippen LogP contribution >= 0.6 is 28.6 Å². The molecule has 0 unspecified atom stereocenters. The van der Waals surface area contributed by atoms with E-state index in [-0.39, 0.29) is 0 Å². The molecule has 0 amide bonds. The first kappa shape index (κ1) is 9.93. The fourth-order valence-electron chi connectivity index (χ4n) is 1.06. The Kier molecular flexibility index (Phi) is 3.47. The van der Waals surface area contributed by atoms with E-state index in [0.717, 1.165) is 16.0 Å². The lowest BCUT2D eigenvalue weighted by Crippen LogP contribution is -1.90. The second kappa shape index (κ2) is 4.19. The Morgan fingerprint density at radius 1 is 1.50 bits per heavy atom. The van der Waals surface area contributed by atoms with Gasteiger partial charge < -0.3 is 4.74 Å². The summed E-state index contributed by atoms with van der Waals surface area (Å²) in [7, 11) is 1.67. The summed E-state index contributed by atoms with van der Waals surface area (Å²) >= 11 is 7.71. The number of thiol groups is 1. The van der Waals surface area contributed by atoms with Crippen molar-refractivity contribution < 1.29 is 4.74 Å². The van der Waals surface area contributed by atoms with Crippen LogP contribution in [-0.4, -0.2) is 7.11 Å². The molecule has 0 aliphatic carbocycles. The number of ether oxygens (including phenoxy) is 1. The van der Waals surface area contributed by atoms with E-state index in [2.05, 4.69) is 35.5 Å². The Bertz CT molecular complexity index is 263. The number of benzene rings is 1. The van der Waals surface area contributed by atoms with Crippen molar-refractivity contribution in [3.05, 3.63) is 27.7 Å². The van der Waals surface area contributed by atoms with E-state index >= 15 is 0 Å². The lowest BCUT2D eigenvalue weighted by atomic mass is 10.1. The minimum atomic E-state index is 0.746. The van der Waals surface area contributed by atoms with Crippen molar-refractivity contribution in [2.24, 2.45) is 0 Å². The van der Waals surface area contributed by atoms with Crippen LogP contribution in [0.4, 0.5) is 0 Å². The minimum Gasteiger partial charge on any atom is -0.497 e. The standard InChI is InChI=1S/C9H11BrOS/c1-6-3-7(11-2)4-9(10)8(6)5-12/h3-4,12H,5H2,1-2H3. The molecule has 1 aromatic rings. The number of methoxy groups -OCH3 is 1. The monoisotopic (exact) mass is 246 g/mol. The molecule has 1 aromatic carbocycles. The SMILES string of the molecule is COc1cc(C)c(CS)c(Br)c1. The zero-order chi connectivity index (χ0) is 9.14. The molecule has 0 aliphatic heterocycles. The van der Waals surface area contributed by atoms with E-state index < -0.39 is 0 Å². The molecule has 0 aliphatic rings. The van der Waals surface area contributed by atoms with Gasteiger partial charge in [0, 0.05) is 10.2 Å². The van der Waals surface area contributed by atoms with Gasteiger partial charge in [0.1, 0.15) is 5.75 Å². The molecule has 1 nitrogen and oxygen atoms in total. The maximum atomic E-state index is 5.12. The summed E-state index contributed by atoms with van der Waals surface area (Å²) in [6.07, 6.45) is 0. The molecule has 0 N–H and O–H groups in total. The molecular weight excluding hydrogens is 236 g/mol. The third-order valence-corrected chi connectivity index (χ3v) is 2.81. The highest BCUT2D eigenvalue weighted by molar-refractivity contribution is 9.10. The Hall–Kier alpha value is -0.150. The van der Waals surface area contributed by atoms with Crippen LogP contribution in [0.2, 0.25) is 0 Å². The van der Waals surface area contributed by atoms with Crippen molar-refractivity contribution in [3.63, 3.8) is 0 Å². The van der Waals surface area contributed by atoms with Gasteiger partial charge in [0.25, 0.3) is 0 Å². The predicted octanol–water partition coefficient (Wildman–Crippen LogP) is 3.20. The second-order valence-corrected chi connectivity index (χ2v) is 3.73. The Morgan fingerprint density at radius 2 is 2.17 bits per heavy atom. The summed E-state index contributed by atoms with van der Waals surface area (Å²) in [6.45, 7) is 2.05. The summed E-state index contributed by atoms with van der Waals surface area (Å²) in [5.74, 6) is 1.63. The quantitative estimate of drug-likeness (QED) is 0.789. The number of hydrogen-bond donors (Lipinski definition) is 1. The van der Waals surface area contributed by atoms with Crippen molar-refractivity contribution in [2.45, 2.75) is 12.7 Å². The van der Waals surface area contributed by atoms with Crippen molar-refractivity contribution in [1.82, 2.24) is 0 Å². The Labute approximate surface area is 86.7 Å². The maximum absolute atomic E-state index is 5.12. The molecule has 0 spiro atoms. The summed E-state index contributed by atoms with van der Waals surface area (Å²) in [5.41, 5.74) is 2.43. The van der Waals surface area contributed by atoms with Crippen molar-refractivity contribution >= 4 is 28.6 Å². The molecule has 0 aromatic heterocycles. The van der Waals surface area contributed by atoms with Crippen molar-refractivity contribution in [1.29, 1.82) is 0 Å². The van der Waals surface area contributed by atoms with Gasteiger partial charge in [-0.1, -0.05) is 15.9 Å². The molecule has 0 radical (unpaired) electrons. The van der Waals surface area contributed by atoms with Gasteiger partial charge in [-0.25, -0.2) is 0 Å². The topological polar surface area (TPSA) is 9.23 Å². The molecule has 0 fully saturated rings. The molecule has 66 valence electrons. The Morgan fingerprint density at radius 3 is 2.58 bits per heavy atom. The molecule has 0 saturated heterocycles. The van der Waals surface area contributed by atoms with Crippen LogP contribution in [0.1, 0.15) is 11.1 Å². The molecular formula is C9H11BrOS. The van der Waals surface area contributed by atoms with E-state index in [1.807, 2.05) is 12.1 Å². The van der Waals surface area contributed by atoms with E-state index in [1.165, 1.54) is 11.1 Å². The average molecular weight is 247 g/mol. The fourth-order valence-corrected chi connectivity index (χ4v) is 2.38. The normalized spacial score (nSPS) is 10.0. The third-order valence-electron chi connectivity index (χ3n) is 1.79.